The van der Waals surface area contributed by atoms with Gasteiger partial charge < -0.3 is 15.0 Å². The van der Waals surface area contributed by atoms with Crippen LogP contribution in [0.5, 0.6) is 0 Å². The molecule has 6 heteroatoms. The fraction of sp³-hybridized carbons (Fsp3) is 0.316. The van der Waals surface area contributed by atoms with Gasteiger partial charge in [-0.15, -0.1) is 0 Å². The van der Waals surface area contributed by atoms with Crippen molar-refractivity contribution in [3.8, 4) is 0 Å². The zero-order chi connectivity index (χ0) is 18.1. The molecular weight excluding hydrogens is 318 g/mol. The van der Waals surface area contributed by atoms with Crippen LogP contribution in [0.15, 0.2) is 54.7 Å². The minimum absolute atomic E-state index is 0.0440. The molecule has 2 aromatic rings. The van der Waals surface area contributed by atoms with Crippen LogP contribution < -0.4 is 5.32 Å². The SMILES string of the molecule is COC(=O)CN(C)C(=O)CCN[C@H](c1ccccc1)c1ccccn1. The van der Waals surface area contributed by atoms with Crippen molar-refractivity contribution in [3.05, 3.63) is 66.0 Å². The first kappa shape index (κ1) is 18.6. The number of nitrogens with zero attached hydrogens (tertiary/aromatic N) is 2. The van der Waals surface area contributed by atoms with Gasteiger partial charge in [-0.05, 0) is 17.7 Å². The molecule has 0 radical (unpaired) electrons. The summed E-state index contributed by atoms with van der Waals surface area (Å²) >= 11 is 0. The molecule has 1 aromatic heterocycles. The van der Waals surface area contributed by atoms with E-state index in [1.807, 2.05) is 48.5 Å². The van der Waals surface area contributed by atoms with E-state index in [2.05, 4.69) is 15.0 Å². The van der Waals surface area contributed by atoms with E-state index in [-0.39, 0.29) is 24.9 Å². The third kappa shape index (κ3) is 5.69. The van der Waals surface area contributed by atoms with Gasteiger partial charge in [0.2, 0.25) is 5.91 Å². The van der Waals surface area contributed by atoms with Crippen molar-refractivity contribution in [2.24, 2.45) is 0 Å². The molecule has 0 aliphatic heterocycles. The van der Waals surface area contributed by atoms with Crippen LogP contribution in [-0.4, -0.2) is 49.0 Å². The number of hydrogen-bond donors (Lipinski definition) is 1. The topological polar surface area (TPSA) is 71.5 Å². The minimum atomic E-state index is -0.431. The standard InChI is InChI=1S/C19H23N3O3/c1-22(14-18(24)25-2)17(23)11-13-21-19(15-8-4-3-5-9-15)16-10-6-7-12-20-16/h3-10,12,19,21H,11,13-14H2,1-2H3/t19-/m1/s1. The highest BCUT2D eigenvalue weighted by Crippen LogP contribution is 2.19. The highest BCUT2D eigenvalue weighted by molar-refractivity contribution is 5.81. The summed E-state index contributed by atoms with van der Waals surface area (Å²) in [5.41, 5.74) is 1.97. The number of pyridine rings is 1. The first-order chi connectivity index (χ1) is 12.1. The van der Waals surface area contributed by atoms with Crippen molar-refractivity contribution >= 4 is 11.9 Å². The fourth-order valence-corrected chi connectivity index (χ4v) is 2.45. The quantitative estimate of drug-likeness (QED) is 0.741. The zero-order valence-corrected chi connectivity index (χ0v) is 14.5. The van der Waals surface area contributed by atoms with Gasteiger partial charge in [0, 0.05) is 26.2 Å². The highest BCUT2D eigenvalue weighted by atomic mass is 16.5. The van der Waals surface area contributed by atoms with Crippen LogP contribution in [0.25, 0.3) is 0 Å². The Labute approximate surface area is 147 Å². The van der Waals surface area contributed by atoms with Crippen LogP contribution in [0.4, 0.5) is 0 Å². The van der Waals surface area contributed by atoms with Crippen molar-refractivity contribution < 1.29 is 14.3 Å². The van der Waals surface area contributed by atoms with Crippen molar-refractivity contribution in [2.75, 3.05) is 27.2 Å². The summed E-state index contributed by atoms with van der Waals surface area (Å²) < 4.78 is 4.57. The summed E-state index contributed by atoms with van der Waals surface area (Å²) in [6.07, 6.45) is 2.03. The monoisotopic (exact) mass is 341 g/mol. The molecule has 6 nitrogen and oxygen atoms in total. The zero-order valence-electron chi connectivity index (χ0n) is 14.5. The predicted octanol–water partition coefficient (Wildman–Crippen LogP) is 1.78. The van der Waals surface area contributed by atoms with Crippen molar-refractivity contribution in [3.63, 3.8) is 0 Å². The van der Waals surface area contributed by atoms with Crippen molar-refractivity contribution in [1.82, 2.24) is 15.2 Å². The molecule has 25 heavy (non-hydrogen) atoms. The van der Waals surface area contributed by atoms with Gasteiger partial charge in [0.25, 0.3) is 0 Å². The average Bonchev–Trinajstić information content (AvgIpc) is 2.66. The van der Waals surface area contributed by atoms with Gasteiger partial charge in [-0.2, -0.15) is 0 Å². The molecule has 0 spiro atoms. The van der Waals surface area contributed by atoms with Crippen LogP contribution in [0.3, 0.4) is 0 Å². The second kappa shape index (κ2) is 9.54. The maximum absolute atomic E-state index is 12.1. The lowest BCUT2D eigenvalue weighted by Gasteiger charge is -2.20. The number of likely N-dealkylation sites (N-methyl/N-ethyl adjacent to an activating group) is 1. The molecular formula is C19H23N3O3. The first-order valence-corrected chi connectivity index (χ1v) is 8.12. The van der Waals surface area contributed by atoms with Crippen LogP contribution in [0.2, 0.25) is 0 Å². The molecule has 2 rings (SSSR count). The summed E-state index contributed by atoms with van der Waals surface area (Å²) in [6, 6.07) is 15.6. The van der Waals surface area contributed by atoms with Gasteiger partial charge in [-0.3, -0.25) is 14.6 Å². The Hall–Kier alpha value is -2.73. The van der Waals surface area contributed by atoms with Gasteiger partial charge in [-0.25, -0.2) is 0 Å². The van der Waals surface area contributed by atoms with E-state index in [1.165, 1.54) is 12.0 Å². The number of carbonyl (C=O) groups is 2. The molecule has 0 aliphatic carbocycles. The fourth-order valence-electron chi connectivity index (χ4n) is 2.45. The highest BCUT2D eigenvalue weighted by Gasteiger charge is 2.17. The van der Waals surface area contributed by atoms with Gasteiger partial charge in [0.15, 0.2) is 0 Å². The number of rotatable bonds is 8. The summed E-state index contributed by atoms with van der Waals surface area (Å²) in [7, 11) is 2.90. The Kier molecular flexibility index (Phi) is 7.10. The normalized spacial score (nSPS) is 11.6. The first-order valence-electron chi connectivity index (χ1n) is 8.12. The minimum Gasteiger partial charge on any atom is -0.468 e. The summed E-state index contributed by atoms with van der Waals surface area (Å²) in [5.74, 6) is -0.551. The molecule has 1 aromatic carbocycles. The lowest BCUT2D eigenvalue weighted by atomic mass is 10.0. The smallest absolute Gasteiger partial charge is 0.325 e. The second-order valence-electron chi connectivity index (χ2n) is 5.63. The number of nitrogens with one attached hydrogen (secondary N) is 1. The maximum atomic E-state index is 12.1. The molecule has 1 atom stereocenters. The van der Waals surface area contributed by atoms with E-state index in [0.29, 0.717) is 6.54 Å². The second-order valence-corrected chi connectivity index (χ2v) is 5.63. The van der Waals surface area contributed by atoms with Crippen LogP contribution in [0.1, 0.15) is 23.7 Å². The van der Waals surface area contributed by atoms with Crippen LogP contribution in [-0.2, 0) is 14.3 Å². The van der Waals surface area contributed by atoms with Crippen LogP contribution in [0, 0.1) is 0 Å². The molecule has 0 saturated heterocycles. The number of ether oxygens (including phenoxy) is 1. The van der Waals surface area contributed by atoms with E-state index in [9.17, 15) is 9.59 Å². The molecule has 0 saturated carbocycles. The summed E-state index contributed by atoms with van der Waals surface area (Å²) in [4.78, 5) is 29.1. The number of amides is 1. The summed E-state index contributed by atoms with van der Waals surface area (Å²) in [6.45, 7) is 0.429. The molecule has 0 fully saturated rings. The number of hydrogen-bond acceptors (Lipinski definition) is 5. The third-order valence-corrected chi connectivity index (χ3v) is 3.82. The molecule has 1 amide bonds. The molecule has 1 N–H and O–H groups in total. The molecule has 0 unspecified atom stereocenters. The van der Waals surface area contributed by atoms with E-state index in [1.54, 1.807) is 13.2 Å². The number of aromatic nitrogens is 1. The maximum Gasteiger partial charge on any atom is 0.325 e. The van der Waals surface area contributed by atoms with Gasteiger partial charge in [0.05, 0.1) is 18.8 Å². The van der Waals surface area contributed by atoms with E-state index < -0.39 is 5.97 Å². The number of benzene rings is 1. The molecule has 0 bridgehead atoms. The number of carbonyl (C=O) groups excluding carboxylic acids is 2. The molecule has 132 valence electrons. The van der Waals surface area contributed by atoms with Gasteiger partial charge in [0.1, 0.15) is 6.54 Å². The number of esters is 1. The lowest BCUT2D eigenvalue weighted by molar-refractivity contribution is -0.146. The van der Waals surface area contributed by atoms with Crippen LogP contribution >= 0.6 is 0 Å². The largest absolute Gasteiger partial charge is 0.468 e. The van der Waals surface area contributed by atoms with Gasteiger partial charge >= 0.3 is 5.97 Å². The average molecular weight is 341 g/mol. The Bertz CT molecular complexity index is 637. The number of methoxy groups -OCH3 is 1. The lowest BCUT2D eigenvalue weighted by Crippen LogP contribution is -2.35. The Balaban J connectivity index is 1.97. The molecule has 1 heterocycles. The van der Waals surface area contributed by atoms with Gasteiger partial charge in [-0.1, -0.05) is 36.4 Å². The van der Waals surface area contributed by atoms with E-state index in [4.69, 9.17) is 0 Å². The van der Waals surface area contributed by atoms with E-state index >= 15 is 0 Å². The van der Waals surface area contributed by atoms with Crippen molar-refractivity contribution in [1.29, 1.82) is 0 Å². The van der Waals surface area contributed by atoms with E-state index in [0.717, 1.165) is 11.3 Å². The third-order valence-electron chi connectivity index (χ3n) is 3.82. The van der Waals surface area contributed by atoms with Crippen molar-refractivity contribution in [2.45, 2.75) is 12.5 Å². The molecule has 0 aliphatic rings. The summed E-state index contributed by atoms with van der Waals surface area (Å²) in [5, 5.41) is 3.38. The Morgan fingerprint density at radius 2 is 1.88 bits per heavy atom. The Morgan fingerprint density at radius 1 is 1.16 bits per heavy atom. The Morgan fingerprint density at radius 3 is 2.52 bits per heavy atom. The predicted molar refractivity (Wildman–Crippen MR) is 94.8 cm³/mol.